The van der Waals surface area contributed by atoms with Crippen LogP contribution in [0.25, 0.3) is 17.0 Å². The molecule has 0 radical (unpaired) electrons. The van der Waals surface area contributed by atoms with Crippen molar-refractivity contribution < 1.29 is 19.0 Å². The minimum Gasteiger partial charge on any atom is -0.493 e. The third-order valence-electron chi connectivity index (χ3n) is 4.39. The number of carbonyl (C=O) groups is 1. The van der Waals surface area contributed by atoms with E-state index >= 15 is 0 Å². The number of pyridine rings is 1. The highest BCUT2D eigenvalue weighted by Gasteiger charge is 2.17. The fourth-order valence-corrected chi connectivity index (χ4v) is 3.08. The number of aryl methyl sites for hydroxylation is 1. The van der Waals surface area contributed by atoms with E-state index in [4.69, 9.17) is 14.2 Å². The van der Waals surface area contributed by atoms with E-state index < -0.39 is 0 Å². The fraction of sp³-hybridized carbons (Fsp3) is 0.182. The largest absolute Gasteiger partial charge is 0.493 e. The maximum atomic E-state index is 12.4. The zero-order valence-electron chi connectivity index (χ0n) is 15.7. The number of anilines is 1. The molecule has 1 aromatic heterocycles. The summed E-state index contributed by atoms with van der Waals surface area (Å²) in [5.74, 6) is 1.53. The van der Waals surface area contributed by atoms with Crippen molar-refractivity contribution in [3.05, 3.63) is 59.8 Å². The van der Waals surface area contributed by atoms with Gasteiger partial charge in [-0.2, -0.15) is 0 Å². The van der Waals surface area contributed by atoms with Gasteiger partial charge in [0.25, 0.3) is 0 Å². The highest BCUT2D eigenvalue weighted by molar-refractivity contribution is 6.06. The second kappa shape index (κ2) is 7.60. The maximum Gasteiger partial charge on any atom is 0.248 e. The summed E-state index contributed by atoms with van der Waals surface area (Å²) in [6, 6.07) is 13.3. The van der Waals surface area contributed by atoms with Crippen molar-refractivity contribution in [3.8, 4) is 17.2 Å². The van der Waals surface area contributed by atoms with Crippen LogP contribution in [0.3, 0.4) is 0 Å². The van der Waals surface area contributed by atoms with E-state index in [1.165, 1.54) is 6.08 Å². The topological polar surface area (TPSA) is 69.7 Å². The van der Waals surface area contributed by atoms with Gasteiger partial charge in [-0.15, -0.1) is 0 Å². The first-order valence-corrected chi connectivity index (χ1v) is 8.97. The van der Waals surface area contributed by atoms with Crippen LogP contribution in [0.5, 0.6) is 17.2 Å². The number of hydrogen-bond acceptors (Lipinski definition) is 5. The summed E-state index contributed by atoms with van der Waals surface area (Å²) in [5, 5.41) is 3.87. The molecule has 0 saturated carbocycles. The summed E-state index contributed by atoms with van der Waals surface area (Å²) in [4.78, 5) is 17.0. The Bertz CT molecular complexity index is 1060. The van der Waals surface area contributed by atoms with Gasteiger partial charge in [0, 0.05) is 17.2 Å². The number of fused-ring (bicyclic) bond motifs is 2. The van der Waals surface area contributed by atoms with Gasteiger partial charge in [-0.05, 0) is 42.8 Å². The van der Waals surface area contributed by atoms with Gasteiger partial charge < -0.3 is 19.5 Å². The molecule has 0 aliphatic carbocycles. The Morgan fingerprint density at radius 1 is 1.18 bits per heavy atom. The summed E-state index contributed by atoms with van der Waals surface area (Å²) in [5.41, 5.74) is 3.12. The Labute approximate surface area is 162 Å². The van der Waals surface area contributed by atoms with Crippen LogP contribution in [0.15, 0.2) is 48.5 Å². The van der Waals surface area contributed by atoms with Crippen LogP contribution in [-0.2, 0) is 4.79 Å². The van der Waals surface area contributed by atoms with Crippen molar-refractivity contribution in [2.45, 2.75) is 6.92 Å². The van der Waals surface area contributed by atoms with E-state index in [1.54, 1.807) is 19.3 Å². The highest BCUT2D eigenvalue weighted by atomic mass is 16.6. The van der Waals surface area contributed by atoms with E-state index in [9.17, 15) is 4.79 Å². The Morgan fingerprint density at radius 2 is 2.04 bits per heavy atom. The number of benzene rings is 2. The molecule has 0 bridgehead atoms. The first-order valence-electron chi connectivity index (χ1n) is 8.97. The quantitative estimate of drug-likeness (QED) is 0.698. The van der Waals surface area contributed by atoms with Gasteiger partial charge in [-0.3, -0.25) is 9.78 Å². The molecule has 142 valence electrons. The van der Waals surface area contributed by atoms with Crippen molar-refractivity contribution in [1.29, 1.82) is 0 Å². The molecule has 0 unspecified atom stereocenters. The Morgan fingerprint density at radius 3 is 2.89 bits per heavy atom. The molecule has 0 fully saturated rings. The second-order valence-corrected chi connectivity index (χ2v) is 6.40. The summed E-state index contributed by atoms with van der Waals surface area (Å²) in [6.07, 6.45) is 3.18. The zero-order valence-corrected chi connectivity index (χ0v) is 15.7. The standard InChI is InChI=1S/C22H20N2O4/c1-14-6-8-16-4-3-5-17(21(16)23-14)24-20(25)9-7-15-12-18(26-2)22-19(13-15)27-10-11-28-22/h3-9,12-13H,10-11H2,1-2H3,(H,24,25)/b9-7+. The molecule has 3 aromatic rings. The average Bonchev–Trinajstić information content (AvgIpc) is 2.72. The lowest BCUT2D eigenvalue weighted by atomic mass is 10.1. The van der Waals surface area contributed by atoms with Crippen LogP contribution >= 0.6 is 0 Å². The van der Waals surface area contributed by atoms with Crippen LogP contribution in [0.1, 0.15) is 11.3 Å². The molecule has 1 amide bonds. The fourth-order valence-electron chi connectivity index (χ4n) is 3.08. The number of aromatic nitrogens is 1. The smallest absolute Gasteiger partial charge is 0.248 e. The predicted octanol–water partition coefficient (Wildman–Crippen LogP) is 3.97. The van der Waals surface area contributed by atoms with Crippen LogP contribution in [0.2, 0.25) is 0 Å². The van der Waals surface area contributed by atoms with Gasteiger partial charge in [0.1, 0.15) is 13.2 Å². The lowest BCUT2D eigenvalue weighted by molar-refractivity contribution is -0.111. The lowest BCUT2D eigenvalue weighted by Crippen LogP contribution is -2.16. The molecule has 1 aliphatic heterocycles. The Balaban J connectivity index is 1.56. The highest BCUT2D eigenvalue weighted by Crippen LogP contribution is 2.40. The molecule has 6 nitrogen and oxygen atoms in total. The van der Waals surface area contributed by atoms with E-state index in [-0.39, 0.29) is 5.91 Å². The lowest BCUT2D eigenvalue weighted by Gasteiger charge is -2.20. The second-order valence-electron chi connectivity index (χ2n) is 6.40. The van der Waals surface area contributed by atoms with Crippen LogP contribution in [0, 0.1) is 6.92 Å². The van der Waals surface area contributed by atoms with Crippen LogP contribution in [0.4, 0.5) is 5.69 Å². The number of amides is 1. The van der Waals surface area contributed by atoms with Crippen LogP contribution in [-0.4, -0.2) is 31.2 Å². The van der Waals surface area contributed by atoms with E-state index in [0.29, 0.717) is 36.1 Å². The SMILES string of the molecule is COc1cc(/C=C/C(=O)Nc2cccc3ccc(C)nc23)cc2c1OCCO2. The van der Waals surface area contributed by atoms with Gasteiger partial charge in [0.05, 0.1) is 18.3 Å². The van der Waals surface area contributed by atoms with Crippen molar-refractivity contribution in [2.75, 3.05) is 25.6 Å². The first-order chi connectivity index (χ1) is 13.6. The van der Waals surface area contributed by atoms with Crippen molar-refractivity contribution in [1.82, 2.24) is 4.98 Å². The minimum atomic E-state index is -0.246. The number of methoxy groups -OCH3 is 1. The van der Waals surface area contributed by atoms with Gasteiger partial charge in [0.15, 0.2) is 11.5 Å². The molecule has 1 N–H and O–H groups in total. The molecule has 1 aliphatic rings. The van der Waals surface area contributed by atoms with E-state index in [1.807, 2.05) is 43.3 Å². The molecule has 0 atom stereocenters. The number of para-hydroxylation sites is 1. The molecular weight excluding hydrogens is 356 g/mol. The van der Waals surface area contributed by atoms with Gasteiger partial charge >= 0.3 is 0 Å². The average molecular weight is 376 g/mol. The number of carbonyl (C=O) groups excluding carboxylic acids is 1. The third kappa shape index (κ3) is 3.62. The van der Waals surface area contributed by atoms with Gasteiger partial charge in [-0.1, -0.05) is 18.2 Å². The third-order valence-corrected chi connectivity index (χ3v) is 4.39. The summed E-state index contributed by atoms with van der Waals surface area (Å²) in [7, 11) is 1.57. The first kappa shape index (κ1) is 17.9. The number of rotatable bonds is 4. The number of hydrogen-bond donors (Lipinski definition) is 1. The van der Waals surface area contributed by atoms with Gasteiger partial charge in [-0.25, -0.2) is 0 Å². The van der Waals surface area contributed by atoms with Gasteiger partial charge in [0.2, 0.25) is 11.7 Å². The molecule has 0 saturated heterocycles. The molecule has 2 heterocycles. The summed E-state index contributed by atoms with van der Waals surface area (Å²) in [6.45, 7) is 2.89. The van der Waals surface area contributed by atoms with Crippen molar-refractivity contribution >= 4 is 28.6 Å². The maximum absolute atomic E-state index is 12.4. The minimum absolute atomic E-state index is 0.246. The normalized spacial score (nSPS) is 12.9. The zero-order chi connectivity index (χ0) is 19.5. The molecule has 4 rings (SSSR count). The van der Waals surface area contributed by atoms with Crippen molar-refractivity contribution in [2.24, 2.45) is 0 Å². The molecular formula is C22H20N2O4. The molecule has 28 heavy (non-hydrogen) atoms. The number of nitrogens with one attached hydrogen (secondary N) is 1. The monoisotopic (exact) mass is 376 g/mol. The molecule has 6 heteroatoms. The number of ether oxygens (including phenoxy) is 3. The summed E-state index contributed by atoms with van der Waals surface area (Å²) < 4.78 is 16.6. The van der Waals surface area contributed by atoms with E-state index in [2.05, 4.69) is 10.3 Å². The Hall–Kier alpha value is -3.54. The van der Waals surface area contributed by atoms with Crippen molar-refractivity contribution in [3.63, 3.8) is 0 Å². The predicted molar refractivity (Wildman–Crippen MR) is 108 cm³/mol. The molecule has 2 aromatic carbocycles. The number of nitrogens with zero attached hydrogens (tertiary/aromatic N) is 1. The Kier molecular flexibility index (Phi) is 4.85. The van der Waals surface area contributed by atoms with Crippen LogP contribution < -0.4 is 19.5 Å². The molecule has 0 spiro atoms. The summed E-state index contributed by atoms with van der Waals surface area (Å²) >= 11 is 0. The van der Waals surface area contributed by atoms with E-state index in [0.717, 1.165) is 22.2 Å².